The topological polar surface area (TPSA) is 17.1 Å². The van der Waals surface area contributed by atoms with E-state index in [1.54, 1.807) is 0 Å². The summed E-state index contributed by atoms with van der Waals surface area (Å²) in [6, 6.07) is 7.89. The first-order chi connectivity index (χ1) is 6.76. The van der Waals surface area contributed by atoms with Crippen molar-refractivity contribution in [1.82, 2.24) is 0 Å². The molecule has 0 heterocycles. The van der Waals surface area contributed by atoms with Crippen LogP contribution in [0.4, 0.5) is 0 Å². The quantitative estimate of drug-likeness (QED) is 0.650. The van der Waals surface area contributed by atoms with Crippen LogP contribution >= 0.6 is 0 Å². The standard InChI is InChI=1S/C13H18O/c1-3-5-11(2)8-12-6-4-7-13(9-12)10-14/h4,6-7,9-11H,3,5,8H2,1-2H3. The molecule has 14 heavy (non-hydrogen) atoms. The molecule has 76 valence electrons. The Morgan fingerprint density at radius 3 is 2.86 bits per heavy atom. The van der Waals surface area contributed by atoms with Gasteiger partial charge in [-0.3, -0.25) is 4.79 Å². The van der Waals surface area contributed by atoms with Crippen LogP contribution in [0.2, 0.25) is 0 Å². The average Bonchev–Trinajstić information content (AvgIpc) is 2.18. The molecule has 0 spiro atoms. The summed E-state index contributed by atoms with van der Waals surface area (Å²) in [6.45, 7) is 4.47. The van der Waals surface area contributed by atoms with Gasteiger partial charge in [0.2, 0.25) is 0 Å². The van der Waals surface area contributed by atoms with Crippen molar-refractivity contribution in [2.45, 2.75) is 33.1 Å². The Morgan fingerprint density at radius 1 is 1.43 bits per heavy atom. The smallest absolute Gasteiger partial charge is 0.150 e. The minimum Gasteiger partial charge on any atom is -0.298 e. The Balaban J connectivity index is 2.61. The van der Waals surface area contributed by atoms with Crippen molar-refractivity contribution in [3.8, 4) is 0 Å². The molecule has 1 atom stereocenters. The summed E-state index contributed by atoms with van der Waals surface area (Å²) in [6.07, 6.45) is 4.48. The Kier molecular flexibility index (Phi) is 4.37. The van der Waals surface area contributed by atoms with Gasteiger partial charge in [0.05, 0.1) is 0 Å². The Hall–Kier alpha value is -1.11. The lowest BCUT2D eigenvalue weighted by atomic mass is 9.96. The summed E-state index contributed by atoms with van der Waals surface area (Å²) < 4.78 is 0. The molecular formula is C13H18O. The van der Waals surface area contributed by atoms with Gasteiger partial charge in [0.15, 0.2) is 0 Å². The number of carbonyl (C=O) groups excluding carboxylic acids is 1. The van der Waals surface area contributed by atoms with E-state index < -0.39 is 0 Å². The fourth-order valence-corrected chi connectivity index (χ4v) is 1.79. The maximum absolute atomic E-state index is 10.6. The molecule has 1 aromatic rings. The van der Waals surface area contributed by atoms with Gasteiger partial charge in [-0.1, -0.05) is 44.9 Å². The lowest BCUT2D eigenvalue weighted by Gasteiger charge is -2.09. The normalized spacial score (nSPS) is 12.4. The predicted octanol–water partition coefficient (Wildman–Crippen LogP) is 3.48. The van der Waals surface area contributed by atoms with Crippen molar-refractivity contribution in [2.75, 3.05) is 0 Å². The van der Waals surface area contributed by atoms with E-state index in [-0.39, 0.29) is 0 Å². The molecule has 0 fully saturated rings. The van der Waals surface area contributed by atoms with Gasteiger partial charge in [-0.05, 0) is 24.0 Å². The molecule has 0 amide bonds. The van der Waals surface area contributed by atoms with Crippen molar-refractivity contribution in [2.24, 2.45) is 5.92 Å². The number of aldehydes is 1. The second-order valence-corrected chi connectivity index (χ2v) is 3.96. The Labute approximate surface area is 86.1 Å². The van der Waals surface area contributed by atoms with Crippen LogP contribution < -0.4 is 0 Å². The molecule has 1 heteroatoms. The van der Waals surface area contributed by atoms with Crippen LogP contribution in [0.3, 0.4) is 0 Å². The van der Waals surface area contributed by atoms with E-state index in [0.717, 1.165) is 18.3 Å². The van der Waals surface area contributed by atoms with Crippen molar-refractivity contribution in [3.05, 3.63) is 35.4 Å². The van der Waals surface area contributed by atoms with E-state index in [4.69, 9.17) is 0 Å². The Bertz CT molecular complexity index is 291. The zero-order valence-corrected chi connectivity index (χ0v) is 8.99. The minimum absolute atomic E-state index is 0.710. The molecule has 1 aromatic carbocycles. The maximum Gasteiger partial charge on any atom is 0.150 e. The molecule has 0 N–H and O–H groups in total. The number of hydrogen-bond acceptors (Lipinski definition) is 1. The van der Waals surface area contributed by atoms with E-state index in [1.165, 1.54) is 18.4 Å². The molecular weight excluding hydrogens is 172 g/mol. The van der Waals surface area contributed by atoms with Gasteiger partial charge in [-0.25, -0.2) is 0 Å². The SMILES string of the molecule is CCCC(C)Cc1cccc(C=O)c1. The van der Waals surface area contributed by atoms with E-state index in [0.29, 0.717) is 5.92 Å². The zero-order valence-electron chi connectivity index (χ0n) is 8.99. The summed E-state index contributed by atoms with van der Waals surface area (Å²) in [7, 11) is 0. The van der Waals surface area contributed by atoms with Crippen LogP contribution in [-0.2, 0) is 6.42 Å². The molecule has 1 nitrogen and oxygen atoms in total. The third-order valence-corrected chi connectivity index (χ3v) is 2.45. The second kappa shape index (κ2) is 5.58. The van der Waals surface area contributed by atoms with Crippen LogP contribution in [0.25, 0.3) is 0 Å². The fraction of sp³-hybridized carbons (Fsp3) is 0.462. The second-order valence-electron chi connectivity index (χ2n) is 3.96. The lowest BCUT2D eigenvalue weighted by Crippen LogP contribution is -1.99. The summed E-state index contributed by atoms with van der Waals surface area (Å²) >= 11 is 0. The van der Waals surface area contributed by atoms with Gasteiger partial charge in [0.25, 0.3) is 0 Å². The summed E-state index contributed by atoms with van der Waals surface area (Å²) in [5.41, 5.74) is 2.06. The van der Waals surface area contributed by atoms with Crippen molar-refractivity contribution < 1.29 is 4.79 Å². The van der Waals surface area contributed by atoms with Gasteiger partial charge in [-0.2, -0.15) is 0 Å². The average molecular weight is 190 g/mol. The van der Waals surface area contributed by atoms with Crippen LogP contribution in [-0.4, -0.2) is 6.29 Å². The highest BCUT2D eigenvalue weighted by Gasteiger charge is 2.02. The van der Waals surface area contributed by atoms with E-state index >= 15 is 0 Å². The van der Waals surface area contributed by atoms with Crippen molar-refractivity contribution >= 4 is 6.29 Å². The van der Waals surface area contributed by atoms with Crippen molar-refractivity contribution in [3.63, 3.8) is 0 Å². The van der Waals surface area contributed by atoms with E-state index in [2.05, 4.69) is 19.9 Å². The fourth-order valence-electron chi connectivity index (χ4n) is 1.79. The molecule has 1 rings (SSSR count). The highest BCUT2D eigenvalue weighted by molar-refractivity contribution is 5.74. The van der Waals surface area contributed by atoms with Gasteiger partial charge in [-0.15, -0.1) is 0 Å². The van der Waals surface area contributed by atoms with Gasteiger partial charge in [0.1, 0.15) is 6.29 Å². The molecule has 0 aromatic heterocycles. The highest BCUT2D eigenvalue weighted by Crippen LogP contribution is 2.14. The van der Waals surface area contributed by atoms with Crippen molar-refractivity contribution in [1.29, 1.82) is 0 Å². The third-order valence-electron chi connectivity index (χ3n) is 2.45. The molecule has 0 aliphatic heterocycles. The lowest BCUT2D eigenvalue weighted by molar-refractivity contribution is 0.112. The largest absolute Gasteiger partial charge is 0.298 e. The monoisotopic (exact) mass is 190 g/mol. The first-order valence-electron chi connectivity index (χ1n) is 5.30. The molecule has 0 bridgehead atoms. The summed E-state index contributed by atoms with van der Waals surface area (Å²) in [4.78, 5) is 10.6. The summed E-state index contributed by atoms with van der Waals surface area (Å²) in [5, 5.41) is 0. The Morgan fingerprint density at radius 2 is 2.21 bits per heavy atom. The van der Waals surface area contributed by atoms with E-state index in [9.17, 15) is 4.79 Å². The molecule has 0 saturated carbocycles. The minimum atomic E-state index is 0.710. The van der Waals surface area contributed by atoms with Crippen LogP contribution in [0.15, 0.2) is 24.3 Å². The van der Waals surface area contributed by atoms with Gasteiger partial charge >= 0.3 is 0 Å². The number of rotatable bonds is 5. The van der Waals surface area contributed by atoms with Crippen LogP contribution in [0.5, 0.6) is 0 Å². The third kappa shape index (κ3) is 3.33. The molecule has 0 aliphatic rings. The number of benzene rings is 1. The van der Waals surface area contributed by atoms with Gasteiger partial charge in [0, 0.05) is 5.56 Å². The molecule has 0 saturated heterocycles. The predicted molar refractivity (Wildman–Crippen MR) is 59.6 cm³/mol. The number of carbonyl (C=O) groups is 1. The maximum atomic E-state index is 10.6. The van der Waals surface area contributed by atoms with Crippen LogP contribution in [0, 0.1) is 5.92 Å². The molecule has 1 unspecified atom stereocenters. The first kappa shape index (κ1) is 11.0. The zero-order chi connectivity index (χ0) is 10.4. The first-order valence-corrected chi connectivity index (χ1v) is 5.30. The summed E-state index contributed by atoms with van der Waals surface area (Å²) in [5.74, 6) is 0.710. The molecule has 0 radical (unpaired) electrons. The van der Waals surface area contributed by atoms with Gasteiger partial charge < -0.3 is 0 Å². The highest BCUT2D eigenvalue weighted by atomic mass is 16.1. The van der Waals surface area contributed by atoms with E-state index in [1.807, 2.05) is 18.2 Å². The molecule has 0 aliphatic carbocycles. The van der Waals surface area contributed by atoms with Crippen LogP contribution in [0.1, 0.15) is 42.6 Å². The number of hydrogen-bond donors (Lipinski definition) is 0.